The van der Waals surface area contributed by atoms with E-state index in [2.05, 4.69) is 25.2 Å². The summed E-state index contributed by atoms with van der Waals surface area (Å²) in [4.78, 5) is 14.5. The van der Waals surface area contributed by atoms with Gasteiger partial charge in [0.15, 0.2) is 0 Å². The zero-order valence-corrected chi connectivity index (χ0v) is 13.6. The lowest BCUT2D eigenvalue weighted by Crippen LogP contribution is -2.34. The molecule has 1 heterocycles. The van der Waals surface area contributed by atoms with Crippen LogP contribution >= 0.6 is 0 Å². The Labute approximate surface area is 127 Å². The first-order valence-corrected chi connectivity index (χ1v) is 7.69. The molecule has 0 aliphatic carbocycles. The van der Waals surface area contributed by atoms with E-state index >= 15 is 0 Å². The van der Waals surface area contributed by atoms with Crippen LogP contribution < -0.4 is 10.1 Å². The van der Waals surface area contributed by atoms with Crippen molar-refractivity contribution in [1.29, 1.82) is 0 Å². The van der Waals surface area contributed by atoms with E-state index in [1.807, 2.05) is 30.9 Å². The predicted octanol–water partition coefficient (Wildman–Crippen LogP) is 2.87. The van der Waals surface area contributed by atoms with Gasteiger partial charge in [-0.3, -0.25) is 10.1 Å². The average Bonchev–Trinajstić information content (AvgIpc) is 2.75. The molecule has 0 aromatic heterocycles. The summed E-state index contributed by atoms with van der Waals surface area (Å²) in [5.74, 6) is 1.54. The molecule has 1 N–H and O–H groups in total. The first-order chi connectivity index (χ1) is 9.97. The Bertz CT molecular complexity index is 514. The highest BCUT2D eigenvalue weighted by molar-refractivity contribution is 5.84. The minimum atomic E-state index is -0.0730. The van der Waals surface area contributed by atoms with Crippen molar-refractivity contribution in [3.05, 3.63) is 29.3 Å². The molecule has 4 heteroatoms. The Kier molecular flexibility index (Phi) is 4.88. The minimum absolute atomic E-state index is 0.0329. The number of hydrogen-bond acceptors (Lipinski definition) is 3. The molecule has 1 aliphatic rings. The number of carbonyl (C=O) groups is 1. The van der Waals surface area contributed by atoms with Crippen molar-refractivity contribution in [2.24, 2.45) is 5.92 Å². The van der Waals surface area contributed by atoms with Crippen LogP contribution in [0.15, 0.2) is 18.2 Å². The van der Waals surface area contributed by atoms with Crippen molar-refractivity contribution in [3.63, 3.8) is 0 Å². The molecule has 1 saturated heterocycles. The average molecular weight is 290 g/mol. The summed E-state index contributed by atoms with van der Waals surface area (Å²) in [7, 11) is 1.68. The molecular formula is C17H26N2O2. The number of hydrogen-bond donors (Lipinski definition) is 1. The SMILES string of the molecule is CCC1NC(c2ccc(OC)c(C)c2)N(CC(C)C)C1=O. The molecule has 1 fully saturated rings. The normalized spacial score (nSPS) is 22.2. The van der Waals surface area contributed by atoms with Crippen LogP contribution in [0.2, 0.25) is 0 Å². The number of ether oxygens (including phenoxy) is 1. The molecule has 0 saturated carbocycles. The zero-order chi connectivity index (χ0) is 15.6. The number of nitrogens with one attached hydrogen (secondary N) is 1. The third-order valence-electron chi connectivity index (χ3n) is 3.96. The van der Waals surface area contributed by atoms with Gasteiger partial charge in [-0.1, -0.05) is 26.8 Å². The highest BCUT2D eigenvalue weighted by Gasteiger charge is 2.38. The van der Waals surface area contributed by atoms with Gasteiger partial charge in [0.1, 0.15) is 11.9 Å². The van der Waals surface area contributed by atoms with Gasteiger partial charge in [0.25, 0.3) is 0 Å². The molecule has 1 aromatic carbocycles. The summed E-state index contributed by atoms with van der Waals surface area (Å²) in [5.41, 5.74) is 2.21. The van der Waals surface area contributed by atoms with Gasteiger partial charge in [0.2, 0.25) is 5.91 Å². The predicted molar refractivity (Wildman–Crippen MR) is 84.2 cm³/mol. The molecule has 0 bridgehead atoms. The number of amides is 1. The second-order valence-electron chi connectivity index (χ2n) is 6.14. The molecular weight excluding hydrogens is 264 g/mol. The minimum Gasteiger partial charge on any atom is -0.496 e. The molecule has 2 atom stereocenters. The summed E-state index contributed by atoms with van der Waals surface area (Å²) in [6.07, 6.45) is 0.786. The summed E-state index contributed by atoms with van der Waals surface area (Å²) in [6.45, 7) is 9.14. The highest BCUT2D eigenvalue weighted by Crippen LogP contribution is 2.30. The van der Waals surface area contributed by atoms with Crippen LogP contribution in [0, 0.1) is 12.8 Å². The van der Waals surface area contributed by atoms with E-state index in [1.165, 1.54) is 0 Å². The maximum Gasteiger partial charge on any atom is 0.241 e. The van der Waals surface area contributed by atoms with Gasteiger partial charge in [0, 0.05) is 6.54 Å². The van der Waals surface area contributed by atoms with Crippen molar-refractivity contribution >= 4 is 5.91 Å². The van der Waals surface area contributed by atoms with Gasteiger partial charge in [0.05, 0.1) is 13.2 Å². The Morgan fingerprint density at radius 2 is 2.10 bits per heavy atom. The number of rotatable bonds is 5. The molecule has 21 heavy (non-hydrogen) atoms. The second kappa shape index (κ2) is 6.48. The van der Waals surface area contributed by atoms with Crippen molar-refractivity contribution < 1.29 is 9.53 Å². The van der Waals surface area contributed by atoms with Gasteiger partial charge >= 0.3 is 0 Å². The van der Waals surface area contributed by atoms with Crippen LogP contribution in [0.3, 0.4) is 0 Å². The van der Waals surface area contributed by atoms with Crippen LogP contribution in [-0.4, -0.2) is 30.5 Å². The highest BCUT2D eigenvalue weighted by atomic mass is 16.5. The molecule has 1 aliphatic heterocycles. The van der Waals surface area contributed by atoms with E-state index in [-0.39, 0.29) is 18.1 Å². The summed E-state index contributed by atoms with van der Waals surface area (Å²) >= 11 is 0. The largest absolute Gasteiger partial charge is 0.496 e. The third kappa shape index (κ3) is 3.21. The Morgan fingerprint density at radius 1 is 1.38 bits per heavy atom. The molecule has 0 spiro atoms. The lowest BCUT2D eigenvalue weighted by atomic mass is 10.1. The van der Waals surface area contributed by atoms with Crippen LogP contribution in [-0.2, 0) is 4.79 Å². The Morgan fingerprint density at radius 3 is 2.62 bits per heavy atom. The first-order valence-electron chi connectivity index (χ1n) is 7.69. The summed E-state index contributed by atoms with van der Waals surface area (Å²) < 4.78 is 5.32. The van der Waals surface area contributed by atoms with E-state index in [9.17, 15) is 4.79 Å². The maximum atomic E-state index is 12.5. The van der Waals surface area contributed by atoms with Gasteiger partial charge in [-0.15, -0.1) is 0 Å². The molecule has 1 amide bonds. The lowest BCUT2D eigenvalue weighted by molar-refractivity contribution is -0.130. The van der Waals surface area contributed by atoms with Crippen molar-refractivity contribution in [1.82, 2.24) is 10.2 Å². The topological polar surface area (TPSA) is 41.6 Å². The van der Waals surface area contributed by atoms with Crippen molar-refractivity contribution in [3.8, 4) is 5.75 Å². The fraction of sp³-hybridized carbons (Fsp3) is 0.588. The number of carbonyl (C=O) groups excluding carboxylic acids is 1. The van der Waals surface area contributed by atoms with Crippen LogP contribution in [0.25, 0.3) is 0 Å². The number of methoxy groups -OCH3 is 1. The molecule has 116 valence electrons. The molecule has 4 nitrogen and oxygen atoms in total. The van der Waals surface area contributed by atoms with Crippen molar-refractivity contribution in [2.45, 2.75) is 46.3 Å². The Hall–Kier alpha value is -1.55. The Balaban J connectivity index is 2.31. The molecule has 1 aromatic rings. The first kappa shape index (κ1) is 15.8. The molecule has 2 unspecified atom stereocenters. The van der Waals surface area contributed by atoms with Gasteiger partial charge in [-0.2, -0.15) is 0 Å². The summed E-state index contributed by atoms with van der Waals surface area (Å²) in [5, 5.41) is 3.46. The fourth-order valence-electron chi connectivity index (χ4n) is 2.91. The quantitative estimate of drug-likeness (QED) is 0.906. The van der Waals surface area contributed by atoms with Crippen LogP contribution in [0.1, 0.15) is 44.5 Å². The standard InChI is InChI=1S/C17H26N2O2/c1-6-14-17(20)19(10-11(2)3)16(18-14)13-7-8-15(21-5)12(4)9-13/h7-9,11,14,16,18H,6,10H2,1-5H3. The van der Waals surface area contributed by atoms with Crippen molar-refractivity contribution in [2.75, 3.05) is 13.7 Å². The van der Waals surface area contributed by atoms with Gasteiger partial charge in [-0.25, -0.2) is 0 Å². The maximum absolute atomic E-state index is 12.5. The summed E-state index contributed by atoms with van der Waals surface area (Å²) in [6, 6.07) is 6.05. The van der Waals surface area contributed by atoms with Crippen LogP contribution in [0.5, 0.6) is 5.75 Å². The monoisotopic (exact) mass is 290 g/mol. The van der Waals surface area contributed by atoms with E-state index in [1.54, 1.807) is 7.11 Å². The number of aryl methyl sites for hydroxylation is 1. The lowest BCUT2D eigenvalue weighted by Gasteiger charge is -2.26. The molecule has 2 rings (SSSR count). The zero-order valence-electron chi connectivity index (χ0n) is 13.6. The third-order valence-corrected chi connectivity index (χ3v) is 3.96. The smallest absolute Gasteiger partial charge is 0.241 e. The number of benzene rings is 1. The van der Waals surface area contributed by atoms with Gasteiger partial charge < -0.3 is 9.64 Å². The van der Waals surface area contributed by atoms with E-state index in [0.717, 1.165) is 29.8 Å². The second-order valence-corrected chi connectivity index (χ2v) is 6.14. The number of nitrogens with zero attached hydrogens (tertiary/aromatic N) is 1. The molecule has 0 radical (unpaired) electrons. The van der Waals surface area contributed by atoms with Gasteiger partial charge in [-0.05, 0) is 42.5 Å². The van der Waals surface area contributed by atoms with E-state index in [4.69, 9.17) is 4.74 Å². The van der Waals surface area contributed by atoms with E-state index < -0.39 is 0 Å². The van der Waals surface area contributed by atoms with E-state index in [0.29, 0.717) is 5.92 Å². The fourth-order valence-corrected chi connectivity index (χ4v) is 2.91. The van der Waals surface area contributed by atoms with Crippen LogP contribution in [0.4, 0.5) is 0 Å².